The summed E-state index contributed by atoms with van der Waals surface area (Å²) in [5.74, 6) is 0.700. The predicted molar refractivity (Wildman–Crippen MR) is 106 cm³/mol. The fourth-order valence-corrected chi connectivity index (χ4v) is 3.18. The molecule has 4 heteroatoms. The molecule has 26 heavy (non-hydrogen) atoms. The van der Waals surface area contributed by atoms with Gasteiger partial charge < -0.3 is 10.5 Å². The summed E-state index contributed by atoms with van der Waals surface area (Å²) in [5, 5.41) is 0.980. The molecule has 0 atom stereocenters. The third-order valence-electron chi connectivity index (χ3n) is 4.46. The number of aromatic nitrogens is 1. The van der Waals surface area contributed by atoms with Crippen LogP contribution in [0.25, 0.3) is 27.7 Å². The molecule has 0 spiro atoms. The Kier molecular flexibility index (Phi) is 3.93. The zero-order valence-electron chi connectivity index (χ0n) is 14.3. The summed E-state index contributed by atoms with van der Waals surface area (Å²) in [7, 11) is 1.62. The van der Waals surface area contributed by atoms with E-state index in [4.69, 9.17) is 10.5 Å². The van der Waals surface area contributed by atoms with Gasteiger partial charge in [-0.05, 0) is 47.5 Å². The molecule has 1 aromatic heterocycles. The molecule has 0 amide bonds. The summed E-state index contributed by atoms with van der Waals surface area (Å²) in [5.41, 5.74) is 9.81. The molecular weight excluding hydrogens is 324 g/mol. The Morgan fingerprint density at radius 2 is 1.62 bits per heavy atom. The number of nitrogens with zero attached hydrogens (tertiary/aromatic N) is 1. The van der Waals surface area contributed by atoms with Gasteiger partial charge in [-0.15, -0.1) is 0 Å². The third-order valence-corrected chi connectivity index (χ3v) is 4.46. The highest BCUT2D eigenvalue weighted by Gasteiger charge is 2.13. The maximum Gasteiger partial charge on any atom is 0.256 e. The average Bonchev–Trinajstić information content (AvgIpc) is 2.68. The van der Waals surface area contributed by atoms with Crippen LogP contribution in [0.5, 0.6) is 5.75 Å². The summed E-state index contributed by atoms with van der Waals surface area (Å²) in [6, 6.07) is 24.7. The summed E-state index contributed by atoms with van der Waals surface area (Å²) < 4.78 is 7.07. The molecule has 0 aliphatic carbocycles. The van der Waals surface area contributed by atoms with E-state index in [1.54, 1.807) is 29.9 Å². The lowest BCUT2D eigenvalue weighted by molar-refractivity contribution is 0.415. The van der Waals surface area contributed by atoms with Crippen LogP contribution in [0.15, 0.2) is 83.7 Å². The number of hydrogen-bond acceptors (Lipinski definition) is 3. The van der Waals surface area contributed by atoms with Crippen LogP contribution in [0.1, 0.15) is 0 Å². The van der Waals surface area contributed by atoms with Crippen molar-refractivity contribution in [1.29, 1.82) is 0 Å². The number of nitrogens with two attached hydrogens (primary N) is 1. The van der Waals surface area contributed by atoms with Gasteiger partial charge in [-0.25, -0.2) is 0 Å². The maximum atomic E-state index is 13.0. The molecule has 4 aromatic rings. The van der Waals surface area contributed by atoms with Gasteiger partial charge >= 0.3 is 0 Å². The van der Waals surface area contributed by atoms with E-state index in [0.717, 1.165) is 27.7 Å². The fourth-order valence-electron chi connectivity index (χ4n) is 3.18. The van der Waals surface area contributed by atoms with Gasteiger partial charge in [0.1, 0.15) is 5.75 Å². The van der Waals surface area contributed by atoms with E-state index in [1.807, 2.05) is 60.7 Å². The predicted octanol–water partition coefficient (Wildman–Crippen LogP) is 4.25. The van der Waals surface area contributed by atoms with Crippen molar-refractivity contribution in [2.45, 2.75) is 0 Å². The highest BCUT2D eigenvalue weighted by atomic mass is 16.5. The highest BCUT2D eigenvalue weighted by Crippen LogP contribution is 2.30. The minimum absolute atomic E-state index is 0.102. The lowest BCUT2D eigenvalue weighted by Gasteiger charge is -2.15. The molecule has 128 valence electrons. The van der Waals surface area contributed by atoms with Gasteiger partial charge in [-0.1, -0.05) is 30.3 Å². The molecule has 0 saturated carbocycles. The molecule has 3 aromatic carbocycles. The van der Waals surface area contributed by atoms with Gasteiger partial charge in [0, 0.05) is 28.9 Å². The van der Waals surface area contributed by atoms with E-state index in [2.05, 4.69) is 0 Å². The number of nitrogen functional groups attached to an aromatic ring is 1. The topological polar surface area (TPSA) is 57.2 Å². The lowest BCUT2D eigenvalue weighted by atomic mass is 10.0. The number of ether oxygens (including phenoxy) is 1. The zero-order valence-corrected chi connectivity index (χ0v) is 14.3. The first-order valence-corrected chi connectivity index (χ1v) is 8.32. The minimum Gasteiger partial charge on any atom is -0.497 e. The van der Waals surface area contributed by atoms with E-state index in [0.29, 0.717) is 11.4 Å². The van der Waals surface area contributed by atoms with Crippen LogP contribution in [0.3, 0.4) is 0 Å². The Balaban J connectivity index is 2.08. The van der Waals surface area contributed by atoms with Crippen molar-refractivity contribution < 1.29 is 4.74 Å². The first-order valence-electron chi connectivity index (χ1n) is 8.32. The largest absolute Gasteiger partial charge is 0.497 e. The van der Waals surface area contributed by atoms with E-state index in [9.17, 15) is 4.79 Å². The number of fused-ring (bicyclic) bond motifs is 1. The Morgan fingerprint density at radius 3 is 2.31 bits per heavy atom. The Bertz CT molecular complexity index is 1130. The lowest BCUT2D eigenvalue weighted by Crippen LogP contribution is -2.18. The number of rotatable bonds is 3. The summed E-state index contributed by atoms with van der Waals surface area (Å²) in [6.07, 6.45) is 0. The second kappa shape index (κ2) is 6.41. The van der Waals surface area contributed by atoms with Crippen molar-refractivity contribution in [3.63, 3.8) is 0 Å². The SMILES string of the molecule is COc1ccc2c(-c3ccccc3)cc(=O)n(-c3ccc(N)cc3)c2c1. The molecule has 2 N–H and O–H groups in total. The Morgan fingerprint density at radius 1 is 0.885 bits per heavy atom. The molecule has 1 heterocycles. The summed E-state index contributed by atoms with van der Waals surface area (Å²) in [4.78, 5) is 13.0. The van der Waals surface area contributed by atoms with Gasteiger partial charge in [0.25, 0.3) is 5.56 Å². The Labute approximate surface area is 151 Å². The molecular formula is C22H18N2O2. The molecule has 0 aliphatic heterocycles. The maximum absolute atomic E-state index is 13.0. The average molecular weight is 342 g/mol. The second-order valence-corrected chi connectivity index (χ2v) is 6.07. The second-order valence-electron chi connectivity index (χ2n) is 6.07. The van der Waals surface area contributed by atoms with E-state index in [1.165, 1.54) is 0 Å². The van der Waals surface area contributed by atoms with Gasteiger partial charge in [0.2, 0.25) is 0 Å². The molecule has 0 saturated heterocycles. The molecule has 0 radical (unpaired) electrons. The van der Waals surface area contributed by atoms with E-state index < -0.39 is 0 Å². The van der Waals surface area contributed by atoms with Gasteiger partial charge in [0.15, 0.2) is 0 Å². The van der Waals surface area contributed by atoms with Crippen LogP contribution in [-0.4, -0.2) is 11.7 Å². The van der Waals surface area contributed by atoms with Crippen molar-refractivity contribution in [2.24, 2.45) is 0 Å². The summed E-state index contributed by atoms with van der Waals surface area (Å²) >= 11 is 0. The fraction of sp³-hybridized carbons (Fsp3) is 0.0455. The first kappa shape index (κ1) is 16.0. The molecule has 0 fully saturated rings. The molecule has 0 unspecified atom stereocenters. The van der Waals surface area contributed by atoms with Crippen LogP contribution < -0.4 is 16.0 Å². The zero-order chi connectivity index (χ0) is 18.1. The van der Waals surface area contributed by atoms with Crippen molar-refractivity contribution in [2.75, 3.05) is 12.8 Å². The first-order chi connectivity index (χ1) is 12.7. The monoisotopic (exact) mass is 342 g/mol. The van der Waals surface area contributed by atoms with E-state index >= 15 is 0 Å². The van der Waals surface area contributed by atoms with Crippen molar-refractivity contribution in [3.8, 4) is 22.6 Å². The van der Waals surface area contributed by atoms with Crippen LogP contribution in [0.4, 0.5) is 5.69 Å². The van der Waals surface area contributed by atoms with Crippen molar-refractivity contribution in [3.05, 3.63) is 89.2 Å². The third kappa shape index (κ3) is 2.71. The Hall–Kier alpha value is -3.53. The highest BCUT2D eigenvalue weighted by molar-refractivity contribution is 5.96. The normalized spacial score (nSPS) is 10.8. The smallest absolute Gasteiger partial charge is 0.256 e. The molecule has 4 nitrogen and oxygen atoms in total. The number of pyridine rings is 1. The number of hydrogen-bond donors (Lipinski definition) is 1. The molecule has 4 rings (SSSR count). The van der Waals surface area contributed by atoms with Crippen molar-refractivity contribution in [1.82, 2.24) is 4.57 Å². The minimum atomic E-state index is -0.102. The number of methoxy groups -OCH3 is 1. The quantitative estimate of drug-likeness (QED) is 0.566. The van der Waals surface area contributed by atoms with E-state index in [-0.39, 0.29) is 5.56 Å². The standard InChI is InChI=1S/C22H18N2O2/c1-26-18-11-12-19-20(15-5-3-2-4-6-15)14-22(25)24(21(19)13-18)17-9-7-16(23)8-10-17/h2-14H,23H2,1H3. The van der Waals surface area contributed by atoms with Crippen LogP contribution >= 0.6 is 0 Å². The number of anilines is 1. The number of benzene rings is 3. The van der Waals surface area contributed by atoms with Gasteiger partial charge in [-0.2, -0.15) is 0 Å². The van der Waals surface area contributed by atoms with Gasteiger partial charge in [-0.3, -0.25) is 9.36 Å². The van der Waals surface area contributed by atoms with Crippen LogP contribution in [-0.2, 0) is 0 Å². The molecule has 0 bridgehead atoms. The van der Waals surface area contributed by atoms with Gasteiger partial charge in [0.05, 0.1) is 12.6 Å². The summed E-state index contributed by atoms with van der Waals surface area (Å²) in [6.45, 7) is 0. The van der Waals surface area contributed by atoms with Crippen molar-refractivity contribution >= 4 is 16.6 Å². The van der Waals surface area contributed by atoms with Crippen LogP contribution in [0.2, 0.25) is 0 Å². The molecule has 0 aliphatic rings. The van der Waals surface area contributed by atoms with Crippen LogP contribution in [0, 0.1) is 0 Å².